The van der Waals surface area contributed by atoms with E-state index >= 15 is 0 Å². The molecule has 0 unspecified atom stereocenters. The van der Waals surface area contributed by atoms with E-state index in [1.54, 1.807) is 0 Å². The molecule has 0 aromatic carbocycles. The second-order valence-corrected chi connectivity index (χ2v) is 5.71. The third-order valence-corrected chi connectivity index (χ3v) is 4.21. The molecule has 6 heteroatoms. The van der Waals surface area contributed by atoms with Gasteiger partial charge in [-0.2, -0.15) is 0 Å². The zero-order valence-corrected chi connectivity index (χ0v) is 8.28. The van der Waals surface area contributed by atoms with Crippen LogP contribution in [-0.2, 0) is 0 Å². The third-order valence-electron chi connectivity index (χ3n) is 0.670. The fraction of sp³-hybridized carbons (Fsp3) is 1.00. The minimum absolute atomic E-state index is 0.980. The molecule has 0 radical (unpaired) electrons. The van der Waals surface area contributed by atoms with E-state index in [2.05, 4.69) is 0 Å². The van der Waals surface area contributed by atoms with Crippen molar-refractivity contribution in [3.63, 3.8) is 0 Å². The Balaban J connectivity index is 4.14. The molecule has 0 aromatic heterocycles. The van der Waals surface area contributed by atoms with Crippen molar-refractivity contribution in [1.82, 2.24) is 0 Å². The van der Waals surface area contributed by atoms with Crippen molar-refractivity contribution in [2.45, 2.75) is 14.1 Å². The van der Waals surface area contributed by atoms with Gasteiger partial charge in [0, 0.05) is 0 Å². The summed E-state index contributed by atoms with van der Waals surface area (Å²) in [5.41, 5.74) is 0. The van der Waals surface area contributed by atoms with Gasteiger partial charge in [0.15, 0.2) is 0 Å². The van der Waals surface area contributed by atoms with Crippen molar-refractivity contribution in [3.8, 4) is 0 Å². The summed E-state index contributed by atoms with van der Waals surface area (Å²) in [7, 11) is 0. The third kappa shape index (κ3) is 2.34. The van der Waals surface area contributed by atoms with Gasteiger partial charge in [0.2, 0.25) is 0 Å². The Labute approximate surface area is 60.6 Å². The monoisotopic (exact) mass is 342 g/mol. The van der Waals surface area contributed by atoms with Gasteiger partial charge >= 0.3 is 60.3 Å². The SMILES string of the molecule is [CH3][Pb+2][C](F)(F)C(F)(F)F. The molecule has 9 heavy (non-hydrogen) atoms. The van der Waals surface area contributed by atoms with E-state index in [0.29, 0.717) is 0 Å². The molecule has 0 saturated carbocycles. The van der Waals surface area contributed by atoms with Crippen molar-refractivity contribution in [1.29, 1.82) is 0 Å². The summed E-state index contributed by atoms with van der Waals surface area (Å²) in [5.74, 6) is 0. The van der Waals surface area contributed by atoms with Gasteiger partial charge < -0.3 is 0 Å². The number of rotatable bonds is 1. The van der Waals surface area contributed by atoms with Gasteiger partial charge in [-0.05, 0) is 0 Å². The quantitative estimate of drug-likeness (QED) is 0.505. The summed E-state index contributed by atoms with van der Waals surface area (Å²) in [6, 6.07) is 0. The van der Waals surface area contributed by atoms with Gasteiger partial charge in [0.1, 0.15) is 0 Å². The molecular formula is C3H3F5Pb+2. The van der Waals surface area contributed by atoms with E-state index in [9.17, 15) is 22.0 Å². The number of halogens is 5. The van der Waals surface area contributed by atoms with Crippen LogP contribution in [0.4, 0.5) is 22.0 Å². The van der Waals surface area contributed by atoms with Crippen LogP contribution < -0.4 is 0 Å². The predicted octanol–water partition coefficient (Wildman–Crippen LogP) is 1.89. The first-order valence-electron chi connectivity index (χ1n) is 1.94. The normalized spacial score (nSPS) is 13.1. The Morgan fingerprint density at radius 1 is 1.00 bits per heavy atom. The Hall–Kier alpha value is 0.572. The summed E-state index contributed by atoms with van der Waals surface area (Å²) in [6.45, 7) is 0. The van der Waals surface area contributed by atoms with Crippen LogP contribution in [0.3, 0.4) is 0 Å². The molecule has 0 atom stereocenters. The van der Waals surface area contributed by atoms with Crippen molar-refractivity contribution in [3.05, 3.63) is 0 Å². The van der Waals surface area contributed by atoms with Crippen LogP contribution in [0.2, 0.25) is 4.48 Å². The van der Waals surface area contributed by atoms with Crippen LogP contribution >= 0.6 is 0 Å². The van der Waals surface area contributed by atoms with Crippen molar-refractivity contribution in [2.75, 3.05) is 0 Å². The van der Waals surface area contributed by atoms with E-state index < -0.39 is 33.9 Å². The molecule has 0 aliphatic carbocycles. The van der Waals surface area contributed by atoms with Crippen LogP contribution in [0.15, 0.2) is 0 Å². The predicted molar refractivity (Wildman–Crippen MR) is 22.6 cm³/mol. The molecule has 0 spiro atoms. The maximum absolute atomic E-state index is 11.6. The summed E-state index contributed by atoms with van der Waals surface area (Å²) in [4.78, 5) is 0. The first kappa shape index (κ1) is 9.57. The molecule has 0 saturated heterocycles. The second-order valence-electron chi connectivity index (χ2n) is 1.32. The fourth-order valence-electron chi connectivity index (χ4n) is 0.142. The molecule has 0 amide bonds. The average Bonchev–Trinajstić information content (AvgIpc) is 1.64. The zero-order chi connectivity index (χ0) is 7.71. The molecule has 0 heterocycles. The molecule has 52 valence electrons. The minimum atomic E-state index is -5.30. The summed E-state index contributed by atoms with van der Waals surface area (Å²) in [6.07, 6.45) is -5.30. The molecule has 0 fully saturated rings. The number of hydrogen-bond donors (Lipinski definition) is 0. The first-order valence-corrected chi connectivity index (χ1v) is 7.78. The van der Waals surface area contributed by atoms with Crippen LogP contribution in [-0.4, -0.2) is 33.9 Å². The van der Waals surface area contributed by atoms with Gasteiger partial charge in [-0.25, -0.2) is 0 Å². The Bertz CT molecular complexity index is 94.9. The molecule has 0 nitrogen and oxygen atoms in total. The van der Waals surface area contributed by atoms with Gasteiger partial charge in [-0.1, -0.05) is 0 Å². The summed E-state index contributed by atoms with van der Waals surface area (Å²) < 4.78 is 53.3. The van der Waals surface area contributed by atoms with Gasteiger partial charge in [0.05, 0.1) is 0 Å². The number of alkyl halides is 5. The summed E-state index contributed by atoms with van der Waals surface area (Å²) >= 11 is -2.77. The molecule has 0 aliphatic rings. The molecule has 0 rings (SSSR count). The van der Waals surface area contributed by atoms with E-state index in [1.165, 1.54) is 0 Å². The zero-order valence-electron chi connectivity index (χ0n) is 4.39. The van der Waals surface area contributed by atoms with E-state index in [1.807, 2.05) is 0 Å². The topological polar surface area (TPSA) is 0 Å². The van der Waals surface area contributed by atoms with E-state index in [4.69, 9.17) is 0 Å². The molecule has 0 aliphatic heterocycles. The van der Waals surface area contributed by atoms with Gasteiger partial charge in [-0.3, -0.25) is 0 Å². The fourth-order valence-corrected chi connectivity index (χ4v) is 1.24. The van der Waals surface area contributed by atoms with Crippen molar-refractivity contribution in [2.24, 2.45) is 0 Å². The van der Waals surface area contributed by atoms with E-state index in [-0.39, 0.29) is 0 Å². The van der Waals surface area contributed by atoms with E-state index in [0.717, 1.165) is 4.48 Å². The Morgan fingerprint density at radius 2 is 1.33 bits per heavy atom. The first-order chi connectivity index (χ1) is 3.81. The Kier molecular flexibility index (Phi) is 2.84. The van der Waals surface area contributed by atoms with Crippen LogP contribution in [0, 0.1) is 0 Å². The molecule has 0 aromatic rings. The molecule has 0 N–H and O–H groups in total. The molecule has 0 bridgehead atoms. The summed E-state index contributed by atoms with van der Waals surface area (Å²) in [5, 5.41) is 0. The van der Waals surface area contributed by atoms with Gasteiger partial charge in [-0.15, -0.1) is 0 Å². The van der Waals surface area contributed by atoms with Gasteiger partial charge in [0.25, 0.3) is 0 Å². The van der Waals surface area contributed by atoms with Crippen LogP contribution in [0.1, 0.15) is 0 Å². The van der Waals surface area contributed by atoms with Crippen molar-refractivity contribution >= 4 is 24.2 Å². The standard InChI is InChI=1S/C2F5.CH3.Pb/c3-1(4)2(5,6)7;;/h;1H3;/q;;+2. The molecular weight excluding hydrogens is 338 g/mol. The average molecular weight is 341 g/mol. The maximum atomic E-state index is 11.6. The number of hydrogen-bond acceptors (Lipinski definition) is 0. The van der Waals surface area contributed by atoms with Crippen molar-refractivity contribution < 1.29 is 22.0 Å². The van der Waals surface area contributed by atoms with Crippen LogP contribution in [0.25, 0.3) is 0 Å². The Morgan fingerprint density at radius 3 is 1.33 bits per heavy atom. The second kappa shape index (κ2) is 2.67. The van der Waals surface area contributed by atoms with Crippen LogP contribution in [0.5, 0.6) is 0 Å².